The van der Waals surface area contributed by atoms with Gasteiger partial charge in [-0.05, 0) is 12.3 Å². The fraction of sp³-hybridized carbons (Fsp3) is 0.667. The van der Waals surface area contributed by atoms with E-state index in [0.717, 1.165) is 24.2 Å². The molecule has 2 heterocycles. The van der Waals surface area contributed by atoms with Crippen LogP contribution in [0.5, 0.6) is 0 Å². The molecular weight excluding hydrogens is 268 g/mol. The summed E-state index contributed by atoms with van der Waals surface area (Å²) >= 11 is 0. The first-order valence-electron chi connectivity index (χ1n) is 7.61. The summed E-state index contributed by atoms with van der Waals surface area (Å²) in [5.41, 5.74) is 1.72. The zero-order valence-corrected chi connectivity index (χ0v) is 13.2. The molecular formula is C15H24N4O2. The molecule has 0 aromatic carbocycles. The maximum absolute atomic E-state index is 12.8. The summed E-state index contributed by atoms with van der Waals surface area (Å²) in [4.78, 5) is 26.5. The molecule has 21 heavy (non-hydrogen) atoms. The van der Waals surface area contributed by atoms with Gasteiger partial charge in [0.25, 0.3) is 0 Å². The van der Waals surface area contributed by atoms with E-state index >= 15 is 0 Å². The summed E-state index contributed by atoms with van der Waals surface area (Å²) in [6.45, 7) is 6.46. The number of nitrogens with zero attached hydrogens (tertiary/aromatic N) is 3. The second-order valence-corrected chi connectivity index (χ2v) is 5.66. The molecule has 2 rings (SSSR count). The van der Waals surface area contributed by atoms with Crippen molar-refractivity contribution in [3.63, 3.8) is 0 Å². The Morgan fingerprint density at radius 2 is 2.14 bits per heavy atom. The highest BCUT2D eigenvalue weighted by molar-refractivity contribution is 6.01. The zero-order valence-electron chi connectivity index (χ0n) is 13.2. The highest BCUT2D eigenvalue weighted by atomic mass is 16.2. The first kappa shape index (κ1) is 15.5. The summed E-state index contributed by atoms with van der Waals surface area (Å²) in [5.74, 6) is 0.0276. The number of anilines is 1. The highest BCUT2D eigenvalue weighted by Gasteiger charge is 2.34. The number of hydrogen-bond acceptors (Lipinski definition) is 3. The van der Waals surface area contributed by atoms with Crippen LogP contribution < -0.4 is 10.2 Å². The van der Waals surface area contributed by atoms with E-state index in [2.05, 4.69) is 10.4 Å². The van der Waals surface area contributed by atoms with Crippen molar-refractivity contribution >= 4 is 17.5 Å². The maximum atomic E-state index is 12.8. The van der Waals surface area contributed by atoms with Gasteiger partial charge in [-0.2, -0.15) is 5.10 Å². The number of carbonyl (C=O) groups excluding carboxylic acids is 2. The first-order chi connectivity index (χ1) is 9.97. The standard InChI is InChI=1S/C15H24N4O2/c1-5-10(3)14-15(21)19(8-7-13(20)16-14)12-9-18(4)17-11(12)6-2/h9-10,14H,5-8H2,1-4H3,(H,16,20). The molecule has 116 valence electrons. The minimum absolute atomic E-state index is 0.0297. The molecule has 0 bridgehead atoms. The molecule has 0 radical (unpaired) electrons. The van der Waals surface area contributed by atoms with Gasteiger partial charge in [-0.15, -0.1) is 0 Å². The molecule has 1 aliphatic heterocycles. The molecule has 2 atom stereocenters. The predicted molar refractivity (Wildman–Crippen MR) is 80.9 cm³/mol. The average Bonchev–Trinajstić information content (AvgIpc) is 2.77. The largest absolute Gasteiger partial charge is 0.344 e. The van der Waals surface area contributed by atoms with Crippen LogP contribution >= 0.6 is 0 Å². The van der Waals surface area contributed by atoms with Crippen LogP contribution in [0.1, 0.15) is 39.3 Å². The Balaban J connectivity index is 2.37. The molecule has 0 aliphatic carbocycles. The summed E-state index contributed by atoms with van der Waals surface area (Å²) in [5, 5.41) is 7.26. The average molecular weight is 292 g/mol. The van der Waals surface area contributed by atoms with E-state index < -0.39 is 6.04 Å². The van der Waals surface area contributed by atoms with E-state index in [1.165, 1.54) is 0 Å². The van der Waals surface area contributed by atoms with Gasteiger partial charge in [-0.3, -0.25) is 14.3 Å². The van der Waals surface area contributed by atoms with Crippen LogP contribution in [0.15, 0.2) is 6.20 Å². The van der Waals surface area contributed by atoms with Gasteiger partial charge in [0.15, 0.2) is 0 Å². The van der Waals surface area contributed by atoms with Crippen LogP contribution in [0.3, 0.4) is 0 Å². The normalized spacial score (nSPS) is 21.1. The summed E-state index contributed by atoms with van der Waals surface area (Å²) in [6, 6.07) is -0.449. The lowest BCUT2D eigenvalue weighted by Gasteiger charge is -2.26. The molecule has 1 N–H and O–H groups in total. The minimum atomic E-state index is -0.449. The quantitative estimate of drug-likeness (QED) is 0.908. The van der Waals surface area contributed by atoms with Gasteiger partial charge in [0, 0.05) is 26.2 Å². The third kappa shape index (κ3) is 3.09. The van der Waals surface area contributed by atoms with Gasteiger partial charge in [0.1, 0.15) is 6.04 Å². The van der Waals surface area contributed by atoms with E-state index in [1.807, 2.05) is 34.0 Å². The number of nitrogens with one attached hydrogen (secondary N) is 1. The zero-order chi connectivity index (χ0) is 15.6. The lowest BCUT2D eigenvalue weighted by molar-refractivity contribution is -0.126. The van der Waals surface area contributed by atoms with Crippen molar-refractivity contribution in [3.8, 4) is 0 Å². The van der Waals surface area contributed by atoms with Gasteiger partial charge in [0.2, 0.25) is 11.8 Å². The van der Waals surface area contributed by atoms with Gasteiger partial charge in [-0.1, -0.05) is 27.2 Å². The first-order valence-corrected chi connectivity index (χ1v) is 7.61. The molecule has 2 amide bonds. The molecule has 1 saturated heterocycles. The second-order valence-electron chi connectivity index (χ2n) is 5.66. The van der Waals surface area contributed by atoms with Gasteiger partial charge in [-0.25, -0.2) is 0 Å². The second kappa shape index (κ2) is 6.28. The van der Waals surface area contributed by atoms with E-state index in [-0.39, 0.29) is 17.7 Å². The number of rotatable bonds is 4. The highest BCUT2D eigenvalue weighted by Crippen LogP contribution is 2.24. The molecule has 1 aliphatic rings. The fourth-order valence-electron chi connectivity index (χ4n) is 2.66. The van der Waals surface area contributed by atoms with Gasteiger partial charge >= 0.3 is 0 Å². The summed E-state index contributed by atoms with van der Waals surface area (Å²) in [6.07, 6.45) is 3.80. The number of hydrogen-bond donors (Lipinski definition) is 1. The molecule has 1 fully saturated rings. The van der Waals surface area contributed by atoms with Crippen LogP contribution in [-0.2, 0) is 23.1 Å². The third-order valence-corrected chi connectivity index (χ3v) is 4.13. The van der Waals surface area contributed by atoms with Crippen LogP contribution in [-0.4, -0.2) is 34.2 Å². The molecule has 0 spiro atoms. The van der Waals surface area contributed by atoms with Crippen LogP contribution in [0.2, 0.25) is 0 Å². The van der Waals surface area contributed by atoms with Crippen LogP contribution in [0.4, 0.5) is 5.69 Å². The summed E-state index contributed by atoms with van der Waals surface area (Å²) in [7, 11) is 1.85. The number of aryl methyl sites for hydroxylation is 2. The lowest BCUT2D eigenvalue weighted by Crippen LogP contribution is -2.48. The van der Waals surface area contributed by atoms with Crippen molar-refractivity contribution in [3.05, 3.63) is 11.9 Å². The number of aromatic nitrogens is 2. The SMILES string of the molecule is CCc1nn(C)cc1N1CCC(=O)NC(C(C)CC)C1=O. The molecule has 6 nitrogen and oxygen atoms in total. The monoisotopic (exact) mass is 292 g/mol. The number of amides is 2. The molecule has 6 heteroatoms. The van der Waals surface area contributed by atoms with Crippen molar-refractivity contribution in [1.82, 2.24) is 15.1 Å². The molecule has 2 unspecified atom stereocenters. The van der Waals surface area contributed by atoms with Gasteiger partial charge < -0.3 is 10.2 Å². The summed E-state index contributed by atoms with van der Waals surface area (Å²) < 4.78 is 1.72. The van der Waals surface area contributed by atoms with E-state index in [4.69, 9.17) is 0 Å². The molecule has 0 saturated carbocycles. The lowest BCUT2D eigenvalue weighted by atomic mass is 9.98. The minimum Gasteiger partial charge on any atom is -0.344 e. The van der Waals surface area contributed by atoms with Crippen molar-refractivity contribution in [1.29, 1.82) is 0 Å². The van der Waals surface area contributed by atoms with Crippen molar-refractivity contribution in [2.75, 3.05) is 11.4 Å². The van der Waals surface area contributed by atoms with Crippen molar-refractivity contribution < 1.29 is 9.59 Å². The Morgan fingerprint density at radius 1 is 1.43 bits per heavy atom. The topological polar surface area (TPSA) is 67.2 Å². The van der Waals surface area contributed by atoms with Crippen molar-refractivity contribution in [2.24, 2.45) is 13.0 Å². The Labute approximate surface area is 125 Å². The van der Waals surface area contributed by atoms with E-state index in [0.29, 0.717) is 13.0 Å². The Bertz CT molecular complexity index is 538. The number of carbonyl (C=O) groups is 2. The predicted octanol–water partition coefficient (Wildman–Crippen LogP) is 1.25. The van der Waals surface area contributed by atoms with Crippen LogP contribution in [0.25, 0.3) is 0 Å². The third-order valence-electron chi connectivity index (χ3n) is 4.13. The van der Waals surface area contributed by atoms with Crippen LogP contribution in [0, 0.1) is 5.92 Å². The Kier molecular flexibility index (Phi) is 4.65. The fourth-order valence-corrected chi connectivity index (χ4v) is 2.66. The maximum Gasteiger partial charge on any atom is 0.249 e. The van der Waals surface area contributed by atoms with Gasteiger partial charge in [0.05, 0.1) is 11.4 Å². The Hall–Kier alpha value is -1.85. The van der Waals surface area contributed by atoms with E-state index in [1.54, 1.807) is 9.58 Å². The van der Waals surface area contributed by atoms with Crippen molar-refractivity contribution in [2.45, 2.75) is 46.1 Å². The Morgan fingerprint density at radius 3 is 2.76 bits per heavy atom. The molecule has 1 aromatic rings. The smallest absolute Gasteiger partial charge is 0.249 e. The van der Waals surface area contributed by atoms with E-state index in [9.17, 15) is 9.59 Å². The molecule has 1 aromatic heterocycles.